The number of carbonyl (C=O) groups is 1. The van der Waals surface area contributed by atoms with Gasteiger partial charge in [0, 0.05) is 36.9 Å². The summed E-state index contributed by atoms with van der Waals surface area (Å²) in [6.45, 7) is 1.04. The first-order valence-corrected chi connectivity index (χ1v) is 8.92. The Morgan fingerprint density at radius 1 is 1.21 bits per heavy atom. The maximum Gasteiger partial charge on any atom is 0.416 e. The number of alkyl halides is 3. The van der Waals surface area contributed by atoms with Gasteiger partial charge in [0.05, 0.1) is 12.1 Å². The van der Waals surface area contributed by atoms with Crippen LogP contribution in [0.25, 0.3) is 10.9 Å². The van der Waals surface area contributed by atoms with Crippen LogP contribution in [0.4, 0.5) is 13.2 Å². The van der Waals surface area contributed by atoms with Crippen LogP contribution in [-0.2, 0) is 17.5 Å². The first-order chi connectivity index (χ1) is 13.4. The minimum atomic E-state index is -4.45. The third-order valence-corrected chi connectivity index (χ3v) is 4.83. The standard InChI is InChI=1S/C20H18F3N3O2/c21-20(22,23)15-5-8-24-18(11-15)28-16-7-10-26(12-16)19(27)13-25-9-6-14-3-1-2-4-17(14)25/h1-6,8-9,11,16H,7,10,12-13H2/t16-/m1/s1. The Morgan fingerprint density at radius 3 is 2.86 bits per heavy atom. The number of aromatic nitrogens is 2. The van der Waals surface area contributed by atoms with Crippen LogP contribution in [0, 0.1) is 0 Å². The quantitative estimate of drug-likeness (QED) is 0.683. The van der Waals surface area contributed by atoms with Gasteiger partial charge in [-0.25, -0.2) is 4.98 Å². The van der Waals surface area contributed by atoms with Crippen molar-refractivity contribution >= 4 is 16.8 Å². The molecular formula is C20H18F3N3O2. The van der Waals surface area contributed by atoms with Gasteiger partial charge in [-0.05, 0) is 23.6 Å². The van der Waals surface area contributed by atoms with Crippen molar-refractivity contribution in [1.29, 1.82) is 0 Å². The molecule has 3 heterocycles. The van der Waals surface area contributed by atoms with E-state index in [1.807, 2.05) is 41.1 Å². The molecular weight excluding hydrogens is 371 g/mol. The van der Waals surface area contributed by atoms with E-state index in [-0.39, 0.29) is 24.4 Å². The van der Waals surface area contributed by atoms with Crippen molar-refractivity contribution in [3.63, 3.8) is 0 Å². The largest absolute Gasteiger partial charge is 0.472 e. The van der Waals surface area contributed by atoms with E-state index >= 15 is 0 Å². The van der Waals surface area contributed by atoms with Crippen LogP contribution in [-0.4, -0.2) is 39.6 Å². The van der Waals surface area contributed by atoms with Gasteiger partial charge in [0.25, 0.3) is 0 Å². The van der Waals surface area contributed by atoms with E-state index in [2.05, 4.69) is 4.98 Å². The second kappa shape index (κ2) is 7.18. The molecule has 1 atom stereocenters. The predicted molar refractivity (Wildman–Crippen MR) is 96.8 cm³/mol. The highest BCUT2D eigenvalue weighted by Gasteiger charge is 2.32. The molecule has 0 spiro atoms. The Hall–Kier alpha value is -3.03. The average molecular weight is 389 g/mol. The summed E-state index contributed by atoms with van der Waals surface area (Å²) < 4.78 is 45.9. The van der Waals surface area contributed by atoms with Crippen LogP contribution < -0.4 is 4.74 Å². The molecule has 0 N–H and O–H groups in total. The molecule has 1 amide bonds. The van der Waals surface area contributed by atoms with Gasteiger partial charge in [0.15, 0.2) is 0 Å². The molecule has 28 heavy (non-hydrogen) atoms. The van der Waals surface area contributed by atoms with Crippen molar-refractivity contribution in [2.45, 2.75) is 25.2 Å². The molecule has 0 radical (unpaired) electrons. The number of fused-ring (bicyclic) bond motifs is 1. The topological polar surface area (TPSA) is 47.4 Å². The van der Waals surface area contributed by atoms with Crippen LogP contribution in [0.1, 0.15) is 12.0 Å². The molecule has 4 rings (SSSR count). The molecule has 1 fully saturated rings. The van der Waals surface area contributed by atoms with E-state index in [0.717, 1.165) is 29.2 Å². The number of benzene rings is 1. The number of hydrogen-bond donors (Lipinski definition) is 0. The molecule has 0 bridgehead atoms. The number of halogens is 3. The molecule has 0 saturated carbocycles. The normalized spacial score (nSPS) is 17.2. The van der Waals surface area contributed by atoms with Crippen LogP contribution >= 0.6 is 0 Å². The summed E-state index contributed by atoms with van der Waals surface area (Å²) in [5, 5.41) is 1.06. The monoisotopic (exact) mass is 389 g/mol. The Labute approximate surface area is 159 Å². The lowest BCUT2D eigenvalue weighted by Crippen LogP contribution is -2.33. The van der Waals surface area contributed by atoms with Gasteiger partial charge in [-0.2, -0.15) is 13.2 Å². The minimum absolute atomic E-state index is 0.0514. The van der Waals surface area contributed by atoms with Gasteiger partial charge in [-0.1, -0.05) is 18.2 Å². The van der Waals surface area contributed by atoms with Crippen LogP contribution in [0.5, 0.6) is 5.88 Å². The minimum Gasteiger partial charge on any atom is -0.472 e. The summed E-state index contributed by atoms with van der Waals surface area (Å²) in [6.07, 6.45) is -1.32. The highest BCUT2D eigenvalue weighted by Crippen LogP contribution is 2.31. The maximum atomic E-state index is 12.8. The number of amides is 1. The van der Waals surface area contributed by atoms with Crippen molar-refractivity contribution in [3.05, 3.63) is 60.4 Å². The van der Waals surface area contributed by atoms with Crippen molar-refractivity contribution < 1.29 is 22.7 Å². The molecule has 1 aromatic carbocycles. The van der Waals surface area contributed by atoms with Crippen LogP contribution in [0.15, 0.2) is 54.9 Å². The number of nitrogens with zero attached hydrogens (tertiary/aromatic N) is 3. The zero-order valence-electron chi connectivity index (χ0n) is 14.9. The molecule has 1 aliphatic heterocycles. The fourth-order valence-corrected chi connectivity index (χ4v) is 3.40. The Bertz CT molecular complexity index is 1000. The van der Waals surface area contributed by atoms with Gasteiger partial charge in [-0.3, -0.25) is 4.79 Å². The Kier molecular flexibility index (Phi) is 4.70. The Morgan fingerprint density at radius 2 is 2.04 bits per heavy atom. The number of carbonyl (C=O) groups excluding carboxylic acids is 1. The van der Waals surface area contributed by atoms with E-state index in [4.69, 9.17) is 4.74 Å². The summed E-state index contributed by atoms with van der Waals surface area (Å²) in [4.78, 5) is 18.2. The fraction of sp³-hybridized carbons (Fsp3) is 0.300. The highest BCUT2D eigenvalue weighted by atomic mass is 19.4. The number of ether oxygens (including phenoxy) is 1. The number of likely N-dealkylation sites (tertiary alicyclic amines) is 1. The number of pyridine rings is 1. The lowest BCUT2D eigenvalue weighted by molar-refractivity contribution is -0.137. The molecule has 8 heteroatoms. The average Bonchev–Trinajstić information content (AvgIpc) is 3.29. The number of para-hydroxylation sites is 1. The van der Waals surface area contributed by atoms with Gasteiger partial charge < -0.3 is 14.2 Å². The van der Waals surface area contributed by atoms with Gasteiger partial charge in [-0.15, -0.1) is 0 Å². The summed E-state index contributed by atoms with van der Waals surface area (Å²) in [5.74, 6) is -0.130. The Balaban J connectivity index is 1.38. The first kappa shape index (κ1) is 18.3. The second-order valence-corrected chi connectivity index (χ2v) is 6.75. The summed E-state index contributed by atoms with van der Waals surface area (Å²) in [5.41, 5.74) is 0.180. The molecule has 3 aromatic rings. The molecule has 1 aliphatic rings. The van der Waals surface area contributed by atoms with Crippen LogP contribution in [0.2, 0.25) is 0 Å². The molecule has 0 unspecified atom stereocenters. The maximum absolute atomic E-state index is 12.8. The van der Waals surface area contributed by atoms with Crippen molar-refractivity contribution in [3.8, 4) is 5.88 Å². The van der Waals surface area contributed by atoms with Crippen molar-refractivity contribution in [2.75, 3.05) is 13.1 Å². The predicted octanol–water partition coefficient (Wildman–Crippen LogP) is 3.74. The van der Waals surface area contributed by atoms with E-state index in [0.29, 0.717) is 19.5 Å². The first-order valence-electron chi connectivity index (χ1n) is 8.92. The number of hydrogen-bond acceptors (Lipinski definition) is 3. The molecule has 2 aromatic heterocycles. The van der Waals surface area contributed by atoms with E-state index < -0.39 is 11.7 Å². The van der Waals surface area contributed by atoms with Gasteiger partial charge in [0.2, 0.25) is 11.8 Å². The molecule has 1 saturated heterocycles. The summed E-state index contributed by atoms with van der Waals surface area (Å²) in [6, 6.07) is 11.5. The SMILES string of the molecule is O=C(Cn1ccc2ccccc21)N1CC[C@@H](Oc2cc(C(F)(F)F)ccn2)C1. The summed E-state index contributed by atoms with van der Waals surface area (Å²) >= 11 is 0. The van der Waals surface area contributed by atoms with E-state index in [1.165, 1.54) is 0 Å². The van der Waals surface area contributed by atoms with Crippen molar-refractivity contribution in [2.24, 2.45) is 0 Å². The molecule has 5 nitrogen and oxygen atoms in total. The molecule has 0 aliphatic carbocycles. The number of rotatable bonds is 4. The smallest absolute Gasteiger partial charge is 0.416 e. The van der Waals surface area contributed by atoms with Gasteiger partial charge >= 0.3 is 6.18 Å². The van der Waals surface area contributed by atoms with Gasteiger partial charge in [0.1, 0.15) is 12.6 Å². The third-order valence-electron chi connectivity index (χ3n) is 4.83. The third kappa shape index (κ3) is 3.81. The lowest BCUT2D eigenvalue weighted by Gasteiger charge is -2.18. The molecule has 146 valence electrons. The fourth-order valence-electron chi connectivity index (χ4n) is 3.40. The summed E-state index contributed by atoms with van der Waals surface area (Å²) in [7, 11) is 0. The van der Waals surface area contributed by atoms with E-state index in [9.17, 15) is 18.0 Å². The van der Waals surface area contributed by atoms with E-state index in [1.54, 1.807) is 4.90 Å². The second-order valence-electron chi connectivity index (χ2n) is 6.75. The lowest BCUT2D eigenvalue weighted by atomic mass is 10.2. The van der Waals surface area contributed by atoms with Crippen molar-refractivity contribution in [1.82, 2.24) is 14.5 Å². The highest BCUT2D eigenvalue weighted by molar-refractivity contribution is 5.83. The van der Waals surface area contributed by atoms with Crippen LogP contribution in [0.3, 0.4) is 0 Å². The zero-order chi connectivity index (χ0) is 19.7. The zero-order valence-corrected chi connectivity index (χ0v) is 14.9.